The van der Waals surface area contributed by atoms with Gasteiger partial charge in [0.1, 0.15) is 5.82 Å². The number of carbonyl (C=O) groups is 1. The van der Waals surface area contributed by atoms with Crippen molar-refractivity contribution in [2.45, 2.75) is 20.8 Å². The summed E-state index contributed by atoms with van der Waals surface area (Å²) < 4.78 is 0. The van der Waals surface area contributed by atoms with Crippen LogP contribution in [0.2, 0.25) is 5.02 Å². The number of hydrogen-bond acceptors (Lipinski definition) is 6. The van der Waals surface area contributed by atoms with Crippen LogP contribution in [0.5, 0.6) is 0 Å². The number of carbonyl (C=O) groups excluding carboxylic acids is 1. The molecule has 2 N–H and O–H groups in total. The van der Waals surface area contributed by atoms with E-state index in [0.717, 1.165) is 0 Å². The quantitative estimate of drug-likeness (QED) is 0.899. The third-order valence-electron chi connectivity index (χ3n) is 2.76. The number of anilines is 2. The van der Waals surface area contributed by atoms with Crippen molar-refractivity contribution in [3.63, 3.8) is 0 Å². The Hall–Kier alpha value is -2.28. The van der Waals surface area contributed by atoms with Crippen LogP contribution < -0.4 is 10.6 Å². The van der Waals surface area contributed by atoms with Crippen molar-refractivity contribution in [3.8, 4) is 0 Å². The van der Waals surface area contributed by atoms with Gasteiger partial charge in [-0.05, 0) is 26.8 Å². The molecule has 21 heavy (non-hydrogen) atoms. The highest BCUT2D eigenvalue weighted by Crippen LogP contribution is 2.20. The molecule has 0 aliphatic rings. The second kappa shape index (κ2) is 6.45. The van der Waals surface area contributed by atoms with E-state index in [9.17, 15) is 4.79 Å². The summed E-state index contributed by atoms with van der Waals surface area (Å²) in [6, 6.07) is 1.54. The van der Waals surface area contributed by atoms with Gasteiger partial charge in [-0.3, -0.25) is 10.1 Å². The van der Waals surface area contributed by atoms with Crippen LogP contribution in [-0.4, -0.2) is 32.6 Å². The summed E-state index contributed by atoms with van der Waals surface area (Å²) in [5.74, 6) is 0.298. The Balaban J connectivity index is 2.16. The molecule has 7 nitrogen and oxygen atoms in total. The van der Waals surface area contributed by atoms with Gasteiger partial charge in [-0.15, -0.1) is 5.10 Å². The predicted molar refractivity (Wildman–Crippen MR) is 80.7 cm³/mol. The highest BCUT2D eigenvalue weighted by atomic mass is 35.5. The minimum Gasteiger partial charge on any atom is -0.369 e. The fourth-order valence-electron chi connectivity index (χ4n) is 1.54. The fraction of sp³-hybridized carbons (Fsp3) is 0.308. The first kappa shape index (κ1) is 15.1. The average molecular weight is 307 g/mol. The molecule has 2 heterocycles. The zero-order valence-corrected chi connectivity index (χ0v) is 12.7. The number of aromatic nitrogens is 4. The van der Waals surface area contributed by atoms with E-state index in [2.05, 4.69) is 30.8 Å². The Morgan fingerprint density at radius 3 is 2.67 bits per heavy atom. The number of nitrogens with one attached hydrogen (secondary N) is 2. The smallest absolute Gasteiger partial charge is 0.259 e. The van der Waals surface area contributed by atoms with E-state index in [4.69, 9.17) is 11.6 Å². The predicted octanol–water partition coefficient (Wildman–Crippen LogP) is 2.22. The molecular weight excluding hydrogens is 292 g/mol. The normalized spacial score (nSPS) is 10.3. The average Bonchev–Trinajstić information content (AvgIpc) is 2.45. The summed E-state index contributed by atoms with van der Waals surface area (Å²) >= 11 is 6.05. The van der Waals surface area contributed by atoms with Gasteiger partial charge in [0.2, 0.25) is 5.95 Å². The summed E-state index contributed by atoms with van der Waals surface area (Å²) in [5, 5.41) is 13.7. The number of halogens is 1. The van der Waals surface area contributed by atoms with Crippen molar-refractivity contribution < 1.29 is 4.79 Å². The van der Waals surface area contributed by atoms with Gasteiger partial charge in [0.05, 0.1) is 22.0 Å². The highest BCUT2D eigenvalue weighted by molar-refractivity contribution is 6.33. The molecule has 0 fully saturated rings. The van der Waals surface area contributed by atoms with Gasteiger partial charge >= 0.3 is 0 Å². The van der Waals surface area contributed by atoms with Gasteiger partial charge in [0.15, 0.2) is 0 Å². The summed E-state index contributed by atoms with van der Waals surface area (Å²) in [5.41, 5.74) is 1.75. The lowest BCUT2D eigenvalue weighted by Crippen LogP contribution is -2.16. The van der Waals surface area contributed by atoms with E-state index in [1.165, 1.54) is 12.3 Å². The molecule has 0 spiro atoms. The molecule has 1 amide bonds. The van der Waals surface area contributed by atoms with E-state index in [-0.39, 0.29) is 5.95 Å². The van der Waals surface area contributed by atoms with E-state index in [1.54, 1.807) is 13.8 Å². The molecular formula is C13H15ClN6O. The molecule has 0 aliphatic heterocycles. The molecule has 0 unspecified atom stereocenters. The molecule has 0 aromatic carbocycles. The first-order chi connectivity index (χ1) is 10.0. The Kier molecular flexibility index (Phi) is 4.64. The van der Waals surface area contributed by atoms with Crippen LogP contribution >= 0.6 is 11.6 Å². The number of rotatable bonds is 4. The third kappa shape index (κ3) is 3.63. The van der Waals surface area contributed by atoms with Crippen molar-refractivity contribution in [2.75, 3.05) is 17.2 Å². The van der Waals surface area contributed by atoms with Gasteiger partial charge in [-0.25, -0.2) is 9.97 Å². The van der Waals surface area contributed by atoms with Crippen LogP contribution in [0.4, 0.5) is 11.8 Å². The molecule has 2 rings (SSSR count). The van der Waals surface area contributed by atoms with Gasteiger partial charge in [-0.2, -0.15) is 5.10 Å². The lowest BCUT2D eigenvalue weighted by molar-refractivity contribution is 0.102. The molecule has 0 saturated heterocycles. The molecule has 0 atom stereocenters. The Morgan fingerprint density at radius 1 is 1.29 bits per heavy atom. The number of nitrogens with zero attached hydrogens (tertiary/aromatic N) is 4. The molecule has 0 aliphatic carbocycles. The zero-order valence-electron chi connectivity index (χ0n) is 11.9. The highest BCUT2D eigenvalue weighted by Gasteiger charge is 2.12. The number of amides is 1. The first-order valence-corrected chi connectivity index (χ1v) is 6.77. The lowest BCUT2D eigenvalue weighted by atomic mass is 10.2. The number of pyridine rings is 1. The lowest BCUT2D eigenvalue weighted by Gasteiger charge is -2.07. The standard InChI is InChI=1S/C13H15ClN6O/c1-4-15-11-10(14)5-9(6-16-11)12(21)18-13-17-7(2)8(3)19-20-13/h5-6H,4H2,1-3H3,(H,15,16)(H,17,18,20,21). The monoisotopic (exact) mass is 306 g/mol. The van der Waals surface area contributed by atoms with Crippen molar-refractivity contribution >= 4 is 29.3 Å². The van der Waals surface area contributed by atoms with Crippen LogP contribution in [0.3, 0.4) is 0 Å². The molecule has 2 aromatic heterocycles. The van der Waals surface area contributed by atoms with Crippen molar-refractivity contribution in [3.05, 3.63) is 34.2 Å². The second-order valence-electron chi connectivity index (χ2n) is 4.35. The SMILES string of the molecule is CCNc1ncc(C(=O)Nc2nnc(C)c(C)n2)cc1Cl. The Bertz CT molecular complexity index is 676. The van der Waals surface area contributed by atoms with Gasteiger partial charge < -0.3 is 5.32 Å². The molecule has 0 saturated carbocycles. The minimum atomic E-state index is -0.391. The molecule has 0 radical (unpaired) electrons. The van der Waals surface area contributed by atoms with Gasteiger partial charge in [0, 0.05) is 12.7 Å². The van der Waals surface area contributed by atoms with Gasteiger partial charge in [0.25, 0.3) is 5.91 Å². The maximum atomic E-state index is 12.1. The van der Waals surface area contributed by atoms with Crippen LogP contribution in [-0.2, 0) is 0 Å². The summed E-state index contributed by atoms with van der Waals surface area (Å²) in [6.07, 6.45) is 1.44. The fourth-order valence-corrected chi connectivity index (χ4v) is 1.78. The molecule has 110 valence electrons. The molecule has 0 bridgehead atoms. The maximum absolute atomic E-state index is 12.1. The summed E-state index contributed by atoms with van der Waals surface area (Å²) in [7, 11) is 0. The van der Waals surface area contributed by atoms with Crippen molar-refractivity contribution in [2.24, 2.45) is 0 Å². The largest absolute Gasteiger partial charge is 0.369 e. The molecule has 2 aromatic rings. The number of hydrogen-bond donors (Lipinski definition) is 2. The summed E-state index contributed by atoms with van der Waals surface area (Å²) in [4.78, 5) is 20.3. The van der Waals surface area contributed by atoms with Crippen LogP contribution in [0.1, 0.15) is 28.7 Å². The maximum Gasteiger partial charge on any atom is 0.259 e. The van der Waals surface area contributed by atoms with Crippen molar-refractivity contribution in [1.82, 2.24) is 20.2 Å². The van der Waals surface area contributed by atoms with E-state index in [1.807, 2.05) is 6.92 Å². The third-order valence-corrected chi connectivity index (χ3v) is 3.05. The van der Waals surface area contributed by atoms with E-state index >= 15 is 0 Å². The minimum absolute atomic E-state index is 0.148. The topological polar surface area (TPSA) is 92.7 Å². The van der Waals surface area contributed by atoms with Crippen LogP contribution in [0.25, 0.3) is 0 Å². The van der Waals surface area contributed by atoms with Gasteiger partial charge in [-0.1, -0.05) is 11.6 Å². The van der Waals surface area contributed by atoms with Crippen LogP contribution in [0, 0.1) is 13.8 Å². The van der Waals surface area contributed by atoms with Crippen molar-refractivity contribution in [1.29, 1.82) is 0 Å². The summed E-state index contributed by atoms with van der Waals surface area (Å²) in [6.45, 7) is 6.22. The van der Waals surface area contributed by atoms with Crippen LogP contribution in [0.15, 0.2) is 12.3 Å². The zero-order chi connectivity index (χ0) is 15.4. The van der Waals surface area contributed by atoms with E-state index in [0.29, 0.717) is 34.3 Å². The second-order valence-corrected chi connectivity index (χ2v) is 4.75. The Labute approximate surface area is 127 Å². The van der Waals surface area contributed by atoms with E-state index < -0.39 is 5.91 Å². The molecule has 8 heteroatoms. The first-order valence-electron chi connectivity index (χ1n) is 6.40. The number of aryl methyl sites for hydroxylation is 2. The Morgan fingerprint density at radius 2 is 2.05 bits per heavy atom.